The topological polar surface area (TPSA) is 176 Å². The van der Waals surface area contributed by atoms with E-state index in [1.165, 1.54) is 12.3 Å². The van der Waals surface area contributed by atoms with Crippen molar-refractivity contribution in [2.45, 2.75) is 30.7 Å². The summed E-state index contributed by atoms with van der Waals surface area (Å²) in [5.74, 6) is -0.684. The number of amides is 1. The minimum atomic E-state index is -0.948. The number of phenolic OH excluding ortho intramolecular Hbond substituents is 2. The first-order valence-electron chi connectivity index (χ1n) is 9.78. The zero-order valence-corrected chi connectivity index (χ0v) is 16.9. The molecule has 11 heteroatoms. The van der Waals surface area contributed by atoms with Gasteiger partial charge in [-0.15, -0.1) is 0 Å². The van der Waals surface area contributed by atoms with E-state index in [0.717, 1.165) is 0 Å². The van der Waals surface area contributed by atoms with Gasteiger partial charge in [0.05, 0.1) is 29.6 Å². The Morgan fingerprint density at radius 2 is 2.23 bits per heavy atom. The number of benzene rings is 1. The van der Waals surface area contributed by atoms with Gasteiger partial charge >= 0.3 is 6.09 Å². The molecule has 11 nitrogen and oxygen atoms in total. The van der Waals surface area contributed by atoms with Gasteiger partial charge in [0.1, 0.15) is 29.6 Å². The summed E-state index contributed by atoms with van der Waals surface area (Å²) in [6, 6.07) is 0.115. The number of piperazine rings is 1. The van der Waals surface area contributed by atoms with E-state index in [9.17, 15) is 15.0 Å². The first-order chi connectivity index (χ1) is 14.8. The molecule has 0 aliphatic carbocycles. The van der Waals surface area contributed by atoms with Gasteiger partial charge in [-0.2, -0.15) is 0 Å². The van der Waals surface area contributed by atoms with Crippen LogP contribution in [0.2, 0.25) is 0 Å². The van der Waals surface area contributed by atoms with Crippen LogP contribution in [0.1, 0.15) is 17.0 Å². The van der Waals surface area contributed by atoms with Crippen molar-refractivity contribution in [3.63, 3.8) is 0 Å². The molecule has 6 N–H and O–H groups in total. The number of fused-ring (bicyclic) bond motifs is 5. The molecule has 4 aliphatic heterocycles. The third-order valence-corrected chi connectivity index (χ3v) is 6.43. The third kappa shape index (κ3) is 2.60. The number of phenols is 2. The highest BCUT2D eigenvalue weighted by molar-refractivity contribution is 6.40. The number of hydrogen-bond acceptors (Lipinski definition) is 9. The fourth-order valence-electron chi connectivity index (χ4n) is 5.03. The number of primary amides is 1. The standard InChI is InChI=1S/C20H22N6O5/c1-8-14(24-9-3-4-12(21)23-5-9)17(28)13-10(7-31-19(22)29)20(30-2)18-11(25-18)6-26(20)15(13)16(8)27/h3-5,10-11,18,21,25,27-28H,6-7H2,1-2H3,(H2,22,29)/t10-,11+,18+,20-/m1/s1. The van der Waals surface area contributed by atoms with Gasteiger partial charge in [-0.25, -0.2) is 14.8 Å². The lowest BCUT2D eigenvalue weighted by molar-refractivity contribution is -0.0337. The van der Waals surface area contributed by atoms with E-state index in [1.807, 2.05) is 4.90 Å². The largest absolute Gasteiger partial charge is 0.505 e. The molecule has 0 aromatic heterocycles. The third-order valence-electron chi connectivity index (χ3n) is 6.43. The van der Waals surface area contributed by atoms with Crippen LogP contribution >= 0.6 is 0 Å². The molecular formula is C20H22N6O5. The quantitative estimate of drug-likeness (QED) is 0.349. The van der Waals surface area contributed by atoms with Crippen molar-refractivity contribution < 1.29 is 24.5 Å². The van der Waals surface area contributed by atoms with E-state index in [-0.39, 0.29) is 41.7 Å². The Morgan fingerprint density at radius 1 is 1.45 bits per heavy atom. The van der Waals surface area contributed by atoms with Gasteiger partial charge < -0.3 is 35.6 Å². The predicted octanol–water partition coefficient (Wildman–Crippen LogP) is 0.792. The van der Waals surface area contributed by atoms with Crippen LogP contribution in [0.5, 0.6) is 11.5 Å². The lowest BCUT2D eigenvalue weighted by atomic mass is 9.88. The second-order valence-electron chi connectivity index (χ2n) is 7.95. The molecule has 1 amide bonds. The van der Waals surface area contributed by atoms with Gasteiger partial charge in [0, 0.05) is 30.8 Å². The summed E-state index contributed by atoms with van der Waals surface area (Å²) in [4.78, 5) is 21.6. The number of allylic oxidation sites excluding steroid dienone is 1. The van der Waals surface area contributed by atoms with Crippen LogP contribution < -0.4 is 16.0 Å². The predicted molar refractivity (Wildman–Crippen MR) is 113 cm³/mol. The number of aromatic hydroxyl groups is 2. The number of nitrogens with two attached hydrogens (primary N) is 1. The molecule has 4 aliphatic rings. The minimum Gasteiger partial charge on any atom is -0.505 e. The number of amidine groups is 1. The van der Waals surface area contributed by atoms with Crippen molar-refractivity contribution in [1.29, 1.82) is 5.41 Å². The minimum absolute atomic E-state index is 0.0269. The highest BCUT2D eigenvalue weighted by Gasteiger charge is 2.71. The number of aliphatic imine (C=N–C) groups is 2. The van der Waals surface area contributed by atoms with Crippen molar-refractivity contribution in [3.8, 4) is 11.5 Å². The van der Waals surface area contributed by atoms with Crippen LogP contribution in [0.25, 0.3) is 0 Å². The number of rotatable bonds is 4. The summed E-state index contributed by atoms with van der Waals surface area (Å²) in [5.41, 5.74) is 6.08. The molecule has 0 bridgehead atoms. The molecule has 4 heterocycles. The second kappa shape index (κ2) is 6.53. The van der Waals surface area contributed by atoms with E-state index in [1.54, 1.807) is 20.1 Å². The zero-order valence-electron chi connectivity index (χ0n) is 16.9. The van der Waals surface area contributed by atoms with Crippen LogP contribution in [0, 0.1) is 12.3 Å². The Balaban J connectivity index is 1.69. The van der Waals surface area contributed by atoms with Gasteiger partial charge in [0.25, 0.3) is 0 Å². The number of carbonyl (C=O) groups is 1. The van der Waals surface area contributed by atoms with E-state index >= 15 is 0 Å². The van der Waals surface area contributed by atoms with Crippen LogP contribution in [0.4, 0.5) is 16.2 Å². The molecule has 0 spiro atoms. The van der Waals surface area contributed by atoms with Crippen molar-refractivity contribution in [1.82, 2.24) is 5.32 Å². The molecule has 1 aromatic rings. The van der Waals surface area contributed by atoms with Gasteiger partial charge in [0.15, 0.2) is 5.72 Å². The maximum Gasteiger partial charge on any atom is 0.404 e. The van der Waals surface area contributed by atoms with Crippen molar-refractivity contribution in [2.24, 2.45) is 15.7 Å². The monoisotopic (exact) mass is 426 g/mol. The lowest BCUT2D eigenvalue weighted by Gasteiger charge is -2.38. The highest BCUT2D eigenvalue weighted by atomic mass is 16.6. The van der Waals surface area contributed by atoms with Crippen LogP contribution in [-0.2, 0) is 9.47 Å². The summed E-state index contributed by atoms with van der Waals surface area (Å²) in [7, 11) is 1.55. The molecule has 4 atom stereocenters. The van der Waals surface area contributed by atoms with Crippen molar-refractivity contribution >= 4 is 35.2 Å². The molecule has 31 heavy (non-hydrogen) atoms. The molecule has 2 saturated heterocycles. The molecule has 2 fully saturated rings. The summed E-state index contributed by atoms with van der Waals surface area (Å²) in [5, 5.41) is 33.3. The number of anilines is 1. The smallest absolute Gasteiger partial charge is 0.404 e. The van der Waals surface area contributed by atoms with Crippen molar-refractivity contribution in [2.75, 3.05) is 25.2 Å². The highest BCUT2D eigenvalue weighted by Crippen LogP contribution is 2.64. The fraction of sp³-hybridized carbons (Fsp3) is 0.400. The summed E-state index contributed by atoms with van der Waals surface area (Å²) >= 11 is 0. The van der Waals surface area contributed by atoms with Gasteiger partial charge in [-0.1, -0.05) is 0 Å². The Morgan fingerprint density at radius 3 is 2.87 bits per heavy atom. The number of nitrogens with one attached hydrogen (secondary N) is 2. The molecule has 1 aromatic carbocycles. The van der Waals surface area contributed by atoms with Gasteiger partial charge in [0.2, 0.25) is 0 Å². The Labute approximate surface area is 177 Å². The van der Waals surface area contributed by atoms with Crippen molar-refractivity contribution in [3.05, 3.63) is 23.3 Å². The maximum atomic E-state index is 11.4. The summed E-state index contributed by atoms with van der Waals surface area (Å²) in [6.07, 6.45) is 3.55. The first-order valence-corrected chi connectivity index (χ1v) is 9.78. The van der Waals surface area contributed by atoms with E-state index in [4.69, 9.17) is 20.6 Å². The average molecular weight is 426 g/mol. The average Bonchev–Trinajstić information content (AvgIpc) is 3.35. The number of hydrogen-bond donors (Lipinski definition) is 5. The lowest BCUT2D eigenvalue weighted by Crippen LogP contribution is -2.54. The number of nitrogens with zero attached hydrogens (tertiary/aromatic N) is 3. The van der Waals surface area contributed by atoms with Crippen LogP contribution in [-0.4, -0.2) is 72.1 Å². The first kappa shape index (κ1) is 19.5. The van der Waals surface area contributed by atoms with E-state index < -0.39 is 17.7 Å². The summed E-state index contributed by atoms with van der Waals surface area (Å²) < 4.78 is 11.1. The van der Waals surface area contributed by atoms with E-state index in [2.05, 4.69) is 15.3 Å². The number of methoxy groups -OCH3 is 1. The Bertz CT molecular complexity index is 1090. The maximum absolute atomic E-state index is 11.4. The number of ether oxygens (including phenoxy) is 2. The molecular weight excluding hydrogens is 404 g/mol. The van der Waals surface area contributed by atoms with Gasteiger partial charge in [-0.3, -0.25) is 5.41 Å². The molecule has 0 unspecified atom stereocenters. The number of carbonyl (C=O) groups excluding carboxylic acids is 1. The Hall–Kier alpha value is -3.44. The molecule has 5 rings (SSSR count). The van der Waals surface area contributed by atoms with E-state index in [0.29, 0.717) is 29.1 Å². The van der Waals surface area contributed by atoms with Crippen LogP contribution in [0.3, 0.4) is 0 Å². The van der Waals surface area contributed by atoms with Crippen LogP contribution in [0.15, 0.2) is 22.1 Å². The Kier molecular flexibility index (Phi) is 4.11. The molecule has 0 saturated carbocycles. The SMILES string of the molecule is CO[C@@]12[C@H](COC(N)=O)c3c(O)c(N=C4C=CC(=N)N=C4)c(C)c(O)c3N1C[C@@H]1N[C@@H]12. The second-order valence-corrected chi connectivity index (χ2v) is 7.95. The fourth-order valence-corrected chi connectivity index (χ4v) is 5.03. The summed E-state index contributed by atoms with van der Waals surface area (Å²) in [6.45, 7) is 2.09. The molecule has 0 radical (unpaired) electrons. The molecule has 162 valence electrons. The normalized spacial score (nSPS) is 31.0. The number of dihydropyridines is 1. The zero-order chi connectivity index (χ0) is 22.1. The van der Waals surface area contributed by atoms with Gasteiger partial charge in [-0.05, 0) is 19.1 Å².